The molecule has 0 aliphatic heterocycles. The lowest BCUT2D eigenvalue weighted by Gasteiger charge is -2.25. The van der Waals surface area contributed by atoms with Crippen LogP contribution in [0.25, 0.3) is 0 Å². The van der Waals surface area contributed by atoms with Crippen molar-refractivity contribution in [2.45, 2.75) is 25.9 Å². The Hall–Kier alpha value is -1.06. The molecule has 1 unspecified atom stereocenters. The Morgan fingerprint density at radius 2 is 2.06 bits per heavy atom. The monoisotopic (exact) mass is 223 g/mol. The van der Waals surface area contributed by atoms with Gasteiger partial charge in [0.15, 0.2) is 0 Å². The minimum atomic E-state index is -0.904. The van der Waals surface area contributed by atoms with Crippen LogP contribution < -0.4 is 10.1 Å². The van der Waals surface area contributed by atoms with E-state index in [1.165, 1.54) is 0 Å². The molecule has 0 aliphatic carbocycles. The van der Waals surface area contributed by atoms with Gasteiger partial charge in [-0.05, 0) is 26.5 Å². The van der Waals surface area contributed by atoms with Crippen LogP contribution in [0.4, 0.5) is 0 Å². The predicted octanol–water partition coefficient (Wildman–Crippen LogP) is 1.90. The highest BCUT2D eigenvalue weighted by atomic mass is 16.5. The molecular weight excluding hydrogens is 202 g/mol. The van der Waals surface area contributed by atoms with Crippen LogP contribution in [-0.4, -0.2) is 25.3 Å². The first-order valence-corrected chi connectivity index (χ1v) is 5.71. The third-order valence-electron chi connectivity index (χ3n) is 2.45. The van der Waals surface area contributed by atoms with E-state index in [2.05, 4.69) is 12.2 Å². The Morgan fingerprint density at radius 1 is 1.38 bits per heavy atom. The summed E-state index contributed by atoms with van der Waals surface area (Å²) in [7, 11) is 1.82. The fourth-order valence-corrected chi connectivity index (χ4v) is 1.69. The zero-order chi connectivity index (χ0) is 12.0. The summed E-state index contributed by atoms with van der Waals surface area (Å²) < 4.78 is 5.63. The summed E-state index contributed by atoms with van der Waals surface area (Å²) in [6, 6.07) is 7.64. The fraction of sp³-hybridized carbons (Fsp3) is 0.538. The average Bonchev–Trinajstić information content (AvgIpc) is 2.26. The van der Waals surface area contributed by atoms with Crippen LogP contribution in [0.2, 0.25) is 0 Å². The van der Waals surface area contributed by atoms with Gasteiger partial charge in [0.1, 0.15) is 11.4 Å². The second-order valence-corrected chi connectivity index (χ2v) is 4.15. The van der Waals surface area contributed by atoms with Gasteiger partial charge in [0, 0.05) is 12.1 Å². The van der Waals surface area contributed by atoms with Crippen LogP contribution in [0, 0.1) is 0 Å². The van der Waals surface area contributed by atoms with E-state index in [9.17, 15) is 5.11 Å². The molecule has 3 nitrogen and oxygen atoms in total. The molecule has 0 aliphatic rings. The zero-order valence-electron chi connectivity index (χ0n) is 10.3. The molecule has 1 aromatic carbocycles. The Kier molecular flexibility index (Phi) is 4.77. The molecule has 1 atom stereocenters. The van der Waals surface area contributed by atoms with Gasteiger partial charge in [-0.3, -0.25) is 0 Å². The highest BCUT2D eigenvalue weighted by Crippen LogP contribution is 2.29. The summed E-state index contributed by atoms with van der Waals surface area (Å²) in [4.78, 5) is 0. The second-order valence-electron chi connectivity index (χ2n) is 4.15. The largest absolute Gasteiger partial charge is 0.493 e. The van der Waals surface area contributed by atoms with E-state index in [1.54, 1.807) is 6.92 Å². The van der Waals surface area contributed by atoms with Gasteiger partial charge in [-0.1, -0.05) is 25.1 Å². The molecule has 16 heavy (non-hydrogen) atoms. The first-order chi connectivity index (χ1) is 7.61. The summed E-state index contributed by atoms with van der Waals surface area (Å²) in [5, 5.41) is 13.3. The number of ether oxygens (including phenoxy) is 1. The van der Waals surface area contributed by atoms with Crippen molar-refractivity contribution >= 4 is 0 Å². The van der Waals surface area contributed by atoms with Crippen LogP contribution in [0.5, 0.6) is 5.75 Å². The molecule has 0 saturated carbocycles. The van der Waals surface area contributed by atoms with Crippen molar-refractivity contribution in [3.8, 4) is 5.75 Å². The van der Waals surface area contributed by atoms with Crippen molar-refractivity contribution < 1.29 is 9.84 Å². The number of rotatable bonds is 6. The van der Waals surface area contributed by atoms with Gasteiger partial charge in [0.25, 0.3) is 0 Å². The molecule has 1 rings (SSSR count). The maximum Gasteiger partial charge on any atom is 0.125 e. The molecule has 90 valence electrons. The van der Waals surface area contributed by atoms with Gasteiger partial charge in [-0.15, -0.1) is 0 Å². The van der Waals surface area contributed by atoms with Crippen LogP contribution in [0.1, 0.15) is 25.8 Å². The first-order valence-electron chi connectivity index (χ1n) is 5.71. The lowest BCUT2D eigenvalue weighted by atomic mass is 9.95. The highest BCUT2D eigenvalue weighted by Gasteiger charge is 2.25. The molecule has 0 amide bonds. The van der Waals surface area contributed by atoms with Crippen molar-refractivity contribution in [2.75, 3.05) is 20.2 Å². The lowest BCUT2D eigenvalue weighted by molar-refractivity contribution is 0.0557. The molecule has 1 aromatic rings. The van der Waals surface area contributed by atoms with E-state index in [0.717, 1.165) is 17.7 Å². The third kappa shape index (κ3) is 3.22. The number of para-hydroxylation sites is 1. The molecule has 0 saturated heterocycles. The quantitative estimate of drug-likeness (QED) is 0.774. The van der Waals surface area contributed by atoms with E-state index in [-0.39, 0.29) is 0 Å². The molecule has 0 radical (unpaired) electrons. The summed E-state index contributed by atoms with van der Waals surface area (Å²) in [5.41, 5.74) is -0.0724. The molecule has 3 heteroatoms. The van der Waals surface area contributed by atoms with Crippen molar-refractivity contribution in [2.24, 2.45) is 0 Å². The predicted molar refractivity (Wildman–Crippen MR) is 65.7 cm³/mol. The van der Waals surface area contributed by atoms with Gasteiger partial charge in [0.2, 0.25) is 0 Å². The smallest absolute Gasteiger partial charge is 0.125 e. The van der Waals surface area contributed by atoms with Gasteiger partial charge < -0.3 is 15.2 Å². The van der Waals surface area contributed by atoms with Gasteiger partial charge in [-0.2, -0.15) is 0 Å². The minimum Gasteiger partial charge on any atom is -0.493 e. The molecule has 2 N–H and O–H groups in total. The molecule has 0 spiro atoms. The van der Waals surface area contributed by atoms with Gasteiger partial charge in [-0.25, -0.2) is 0 Å². The SMILES string of the molecule is CCCOc1ccccc1C(C)(O)CNC. The first kappa shape index (κ1) is 13.0. The van der Waals surface area contributed by atoms with E-state index < -0.39 is 5.60 Å². The topological polar surface area (TPSA) is 41.5 Å². The summed E-state index contributed by atoms with van der Waals surface area (Å²) in [6.45, 7) is 5.03. The average molecular weight is 223 g/mol. The maximum atomic E-state index is 10.3. The number of hydrogen-bond acceptors (Lipinski definition) is 3. The Bertz CT molecular complexity index is 323. The van der Waals surface area contributed by atoms with E-state index in [4.69, 9.17) is 4.74 Å². The fourth-order valence-electron chi connectivity index (χ4n) is 1.69. The van der Waals surface area contributed by atoms with E-state index in [0.29, 0.717) is 13.2 Å². The number of nitrogens with one attached hydrogen (secondary N) is 1. The van der Waals surface area contributed by atoms with E-state index >= 15 is 0 Å². The third-order valence-corrected chi connectivity index (χ3v) is 2.45. The van der Waals surface area contributed by atoms with Crippen LogP contribution in [0.15, 0.2) is 24.3 Å². The Morgan fingerprint density at radius 3 is 2.69 bits per heavy atom. The van der Waals surface area contributed by atoms with Gasteiger partial charge in [0.05, 0.1) is 6.61 Å². The van der Waals surface area contributed by atoms with Gasteiger partial charge >= 0.3 is 0 Å². The standard InChI is InChI=1S/C13H21NO2/c1-4-9-16-12-8-6-5-7-11(12)13(2,15)10-14-3/h5-8,14-15H,4,9-10H2,1-3H3. The molecule has 0 bridgehead atoms. The zero-order valence-corrected chi connectivity index (χ0v) is 10.3. The van der Waals surface area contributed by atoms with Crippen molar-refractivity contribution in [1.29, 1.82) is 0 Å². The van der Waals surface area contributed by atoms with Crippen LogP contribution in [-0.2, 0) is 5.60 Å². The lowest BCUT2D eigenvalue weighted by Crippen LogP contribution is -2.33. The number of hydrogen-bond donors (Lipinski definition) is 2. The van der Waals surface area contributed by atoms with Crippen LogP contribution >= 0.6 is 0 Å². The van der Waals surface area contributed by atoms with E-state index in [1.807, 2.05) is 31.3 Å². The number of benzene rings is 1. The number of aliphatic hydroxyl groups is 1. The molecule has 0 aromatic heterocycles. The second kappa shape index (κ2) is 5.87. The minimum absolute atomic E-state index is 0.500. The number of likely N-dealkylation sites (N-methyl/N-ethyl adjacent to an activating group) is 1. The summed E-state index contributed by atoms with van der Waals surface area (Å²) >= 11 is 0. The molecule has 0 fully saturated rings. The Balaban J connectivity index is 2.93. The van der Waals surface area contributed by atoms with Crippen molar-refractivity contribution in [3.05, 3.63) is 29.8 Å². The molecule has 0 heterocycles. The summed E-state index contributed by atoms with van der Waals surface area (Å²) in [5.74, 6) is 0.768. The summed E-state index contributed by atoms with van der Waals surface area (Å²) in [6.07, 6.45) is 0.961. The Labute approximate surface area is 97.4 Å². The van der Waals surface area contributed by atoms with Crippen molar-refractivity contribution in [3.63, 3.8) is 0 Å². The molecular formula is C13H21NO2. The normalized spacial score (nSPS) is 14.5. The highest BCUT2D eigenvalue weighted by molar-refractivity contribution is 5.37. The maximum absolute atomic E-state index is 10.3. The van der Waals surface area contributed by atoms with Crippen LogP contribution in [0.3, 0.4) is 0 Å². The van der Waals surface area contributed by atoms with Crippen molar-refractivity contribution in [1.82, 2.24) is 5.32 Å².